The summed E-state index contributed by atoms with van der Waals surface area (Å²) in [5.41, 5.74) is 1.49. The molecule has 4 N–H and O–H groups in total. The summed E-state index contributed by atoms with van der Waals surface area (Å²) >= 11 is 0. The largest absolute Gasteiger partial charge is 0.506 e. The fraction of sp³-hybridized carbons (Fsp3) is 0.222. The number of rotatable bonds is 7. The molecule has 0 radical (unpaired) electrons. The van der Waals surface area contributed by atoms with Crippen LogP contribution in [0.3, 0.4) is 0 Å². The summed E-state index contributed by atoms with van der Waals surface area (Å²) in [6.07, 6.45) is 0. The smallest absolute Gasteiger partial charge is 0.331 e. The number of anilines is 2. The van der Waals surface area contributed by atoms with E-state index in [1.165, 1.54) is 19.1 Å². The van der Waals surface area contributed by atoms with Crippen LogP contribution in [0.4, 0.5) is 11.4 Å². The Morgan fingerprint density at radius 2 is 1.88 bits per heavy atom. The van der Waals surface area contributed by atoms with Gasteiger partial charge < -0.3 is 25.6 Å². The second-order valence-corrected chi connectivity index (χ2v) is 5.39. The van der Waals surface area contributed by atoms with E-state index in [-0.39, 0.29) is 24.0 Å². The van der Waals surface area contributed by atoms with E-state index >= 15 is 0 Å². The van der Waals surface area contributed by atoms with Crippen LogP contribution in [0.1, 0.15) is 12.5 Å². The summed E-state index contributed by atoms with van der Waals surface area (Å²) in [6.45, 7) is 0.944. The molecule has 1 unspecified atom stereocenters. The number of ether oxygens (including phenoxy) is 1. The number of nitrogens with one attached hydrogen (secondary N) is 2. The lowest BCUT2D eigenvalue weighted by atomic mass is 10.2. The van der Waals surface area contributed by atoms with Gasteiger partial charge in [0.15, 0.2) is 0 Å². The molecule has 0 aliphatic carbocycles. The maximum absolute atomic E-state index is 12.1. The number of carbonyl (C=O) groups is 2. The van der Waals surface area contributed by atoms with E-state index < -0.39 is 18.6 Å². The molecule has 7 heteroatoms. The van der Waals surface area contributed by atoms with Crippen LogP contribution in [0.15, 0.2) is 48.5 Å². The van der Waals surface area contributed by atoms with Gasteiger partial charge in [0, 0.05) is 18.7 Å². The first-order chi connectivity index (χ1) is 12.0. The number of phenolic OH excluding ortho intramolecular Hbond substituents is 1. The summed E-state index contributed by atoms with van der Waals surface area (Å²) in [5.74, 6) is -1.07. The van der Waals surface area contributed by atoms with Gasteiger partial charge in [-0.15, -0.1) is 0 Å². The standard InChI is InChI=1S/C18H20N2O5/c1-12(22)19-14-7-8-15(17(23)9-14)20-16(10-21)18(24)25-11-13-5-3-2-4-6-13/h2-9,16,20-21,23H,10-11H2,1H3,(H,19,22). The van der Waals surface area contributed by atoms with Gasteiger partial charge in [-0.25, -0.2) is 4.79 Å². The first-order valence-corrected chi connectivity index (χ1v) is 7.68. The van der Waals surface area contributed by atoms with Gasteiger partial charge in [-0.05, 0) is 17.7 Å². The molecule has 0 saturated heterocycles. The number of hydrogen-bond acceptors (Lipinski definition) is 6. The summed E-state index contributed by atoms with van der Waals surface area (Å²) in [5, 5.41) is 24.7. The van der Waals surface area contributed by atoms with Gasteiger partial charge in [-0.3, -0.25) is 4.79 Å². The van der Waals surface area contributed by atoms with E-state index in [9.17, 15) is 19.8 Å². The van der Waals surface area contributed by atoms with Crippen LogP contribution in [0.25, 0.3) is 0 Å². The summed E-state index contributed by atoms with van der Waals surface area (Å²) in [6, 6.07) is 12.5. The van der Waals surface area contributed by atoms with Crippen LogP contribution in [-0.4, -0.2) is 34.7 Å². The summed E-state index contributed by atoms with van der Waals surface area (Å²) in [4.78, 5) is 23.1. The number of aliphatic hydroxyl groups is 1. The van der Waals surface area contributed by atoms with E-state index in [1.54, 1.807) is 6.07 Å². The third kappa shape index (κ3) is 5.50. The predicted molar refractivity (Wildman–Crippen MR) is 93.1 cm³/mol. The Bertz CT molecular complexity index is 734. The average Bonchev–Trinajstić information content (AvgIpc) is 2.59. The molecule has 132 valence electrons. The zero-order valence-electron chi connectivity index (χ0n) is 13.7. The SMILES string of the molecule is CC(=O)Nc1ccc(NC(CO)C(=O)OCc2ccccc2)c(O)c1. The first kappa shape index (κ1) is 18.3. The summed E-state index contributed by atoms with van der Waals surface area (Å²) in [7, 11) is 0. The van der Waals surface area contributed by atoms with E-state index in [0.29, 0.717) is 5.69 Å². The van der Waals surface area contributed by atoms with E-state index in [1.807, 2.05) is 30.3 Å². The Balaban J connectivity index is 1.98. The van der Waals surface area contributed by atoms with Gasteiger partial charge in [0.2, 0.25) is 5.91 Å². The number of amides is 1. The molecule has 0 aliphatic rings. The third-order valence-corrected chi connectivity index (χ3v) is 3.34. The fourth-order valence-corrected chi connectivity index (χ4v) is 2.13. The Labute approximate surface area is 145 Å². The zero-order valence-corrected chi connectivity index (χ0v) is 13.7. The number of carbonyl (C=O) groups excluding carboxylic acids is 2. The number of phenols is 1. The van der Waals surface area contributed by atoms with Gasteiger partial charge in [-0.2, -0.15) is 0 Å². The molecule has 0 aromatic heterocycles. The highest BCUT2D eigenvalue weighted by atomic mass is 16.5. The number of aliphatic hydroxyl groups excluding tert-OH is 1. The van der Waals surface area contributed by atoms with Gasteiger partial charge >= 0.3 is 5.97 Å². The monoisotopic (exact) mass is 344 g/mol. The minimum absolute atomic E-state index is 0.0886. The van der Waals surface area contributed by atoms with Crippen LogP contribution >= 0.6 is 0 Å². The van der Waals surface area contributed by atoms with E-state index in [0.717, 1.165) is 5.56 Å². The Hall–Kier alpha value is -3.06. The van der Waals surface area contributed by atoms with E-state index in [4.69, 9.17) is 4.74 Å². The average molecular weight is 344 g/mol. The molecule has 1 atom stereocenters. The highest BCUT2D eigenvalue weighted by molar-refractivity contribution is 5.89. The molecule has 2 aromatic carbocycles. The molecular formula is C18H20N2O5. The van der Waals surface area contributed by atoms with Crippen molar-refractivity contribution in [1.82, 2.24) is 0 Å². The second-order valence-electron chi connectivity index (χ2n) is 5.39. The molecule has 0 aliphatic heterocycles. The Kier molecular flexibility index (Phi) is 6.36. The summed E-state index contributed by atoms with van der Waals surface area (Å²) < 4.78 is 5.17. The molecule has 1 amide bonds. The maximum atomic E-state index is 12.1. The molecule has 2 aromatic rings. The van der Waals surface area contributed by atoms with Gasteiger partial charge in [0.05, 0.1) is 12.3 Å². The molecular weight excluding hydrogens is 324 g/mol. The molecule has 2 rings (SSSR count). The van der Waals surface area contributed by atoms with Gasteiger partial charge in [0.25, 0.3) is 0 Å². The van der Waals surface area contributed by atoms with Crippen molar-refractivity contribution in [3.05, 3.63) is 54.1 Å². The molecule has 0 bridgehead atoms. The lowest BCUT2D eigenvalue weighted by molar-refractivity contribution is -0.146. The number of esters is 1. The van der Waals surface area contributed by atoms with Crippen LogP contribution in [0.2, 0.25) is 0 Å². The van der Waals surface area contributed by atoms with E-state index in [2.05, 4.69) is 10.6 Å². The molecule has 0 saturated carbocycles. The number of benzene rings is 2. The van der Waals surface area contributed by atoms with Crippen molar-refractivity contribution in [1.29, 1.82) is 0 Å². The van der Waals surface area contributed by atoms with Crippen molar-refractivity contribution in [3.8, 4) is 5.75 Å². The second kappa shape index (κ2) is 8.70. The topological polar surface area (TPSA) is 108 Å². The Morgan fingerprint density at radius 1 is 1.16 bits per heavy atom. The zero-order chi connectivity index (χ0) is 18.2. The van der Waals surface area contributed by atoms with Crippen LogP contribution in [-0.2, 0) is 20.9 Å². The van der Waals surface area contributed by atoms with Crippen molar-refractivity contribution in [2.45, 2.75) is 19.6 Å². The molecule has 0 heterocycles. The highest BCUT2D eigenvalue weighted by Gasteiger charge is 2.20. The number of hydrogen-bond donors (Lipinski definition) is 4. The van der Waals surface area contributed by atoms with Crippen LogP contribution < -0.4 is 10.6 Å². The highest BCUT2D eigenvalue weighted by Crippen LogP contribution is 2.27. The third-order valence-electron chi connectivity index (χ3n) is 3.34. The molecule has 25 heavy (non-hydrogen) atoms. The minimum Gasteiger partial charge on any atom is -0.506 e. The normalized spacial score (nSPS) is 11.4. The molecule has 7 nitrogen and oxygen atoms in total. The lowest BCUT2D eigenvalue weighted by Crippen LogP contribution is -2.34. The number of aromatic hydroxyl groups is 1. The van der Waals surface area contributed by atoms with Crippen molar-refractivity contribution in [2.24, 2.45) is 0 Å². The van der Waals surface area contributed by atoms with Crippen molar-refractivity contribution >= 4 is 23.3 Å². The molecule has 0 fully saturated rings. The van der Waals surface area contributed by atoms with Crippen molar-refractivity contribution < 1.29 is 24.5 Å². The van der Waals surface area contributed by atoms with Crippen LogP contribution in [0.5, 0.6) is 5.75 Å². The van der Waals surface area contributed by atoms with Crippen molar-refractivity contribution in [2.75, 3.05) is 17.2 Å². The minimum atomic E-state index is -1.03. The first-order valence-electron chi connectivity index (χ1n) is 7.68. The van der Waals surface area contributed by atoms with Gasteiger partial charge in [0.1, 0.15) is 18.4 Å². The van der Waals surface area contributed by atoms with Crippen molar-refractivity contribution in [3.63, 3.8) is 0 Å². The maximum Gasteiger partial charge on any atom is 0.331 e. The Morgan fingerprint density at radius 3 is 2.48 bits per heavy atom. The lowest BCUT2D eigenvalue weighted by Gasteiger charge is -2.18. The molecule has 0 spiro atoms. The van der Waals surface area contributed by atoms with Crippen LogP contribution in [0, 0.1) is 0 Å². The van der Waals surface area contributed by atoms with Gasteiger partial charge in [-0.1, -0.05) is 30.3 Å². The predicted octanol–water partition coefficient (Wildman–Crippen LogP) is 1.87. The fourth-order valence-electron chi connectivity index (χ4n) is 2.13. The quantitative estimate of drug-likeness (QED) is 0.451.